The van der Waals surface area contributed by atoms with E-state index in [-0.39, 0.29) is 17.9 Å². The van der Waals surface area contributed by atoms with Crippen LogP contribution in [-0.2, 0) is 6.61 Å². The first-order valence-corrected chi connectivity index (χ1v) is 9.58. The van der Waals surface area contributed by atoms with E-state index in [9.17, 15) is 20.6 Å². The summed E-state index contributed by atoms with van der Waals surface area (Å²) in [6, 6.07) is 22.7. The van der Waals surface area contributed by atoms with E-state index < -0.39 is 4.92 Å². The third-order valence-corrected chi connectivity index (χ3v) is 4.77. The number of rotatable bonds is 6. The van der Waals surface area contributed by atoms with Crippen LogP contribution >= 0.6 is 15.9 Å². The van der Waals surface area contributed by atoms with E-state index in [1.807, 2.05) is 18.2 Å². The maximum absolute atomic E-state index is 11.0. The Morgan fingerprint density at radius 3 is 2.63 bits per heavy atom. The van der Waals surface area contributed by atoms with Gasteiger partial charge in [0, 0.05) is 27.7 Å². The first kappa shape index (κ1) is 20.8. The highest BCUT2D eigenvalue weighted by Crippen LogP contribution is 2.29. The Labute approximate surface area is 181 Å². The molecule has 0 aromatic heterocycles. The molecule has 0 amide bonds. The Morgan fingerprint density at radius 2 is 1.90 bits per heavy atom. The van der Waals surface area contributed by atoms with Crippen LogP contribution in [0.1, 0.15) is 22.3 Å². The molecule has 3 rings (SSSR count). The highest BCUT2D eigenvalue weighted by atomic mass is 79.9. The predicted octanol–water partition coefficient (Wildman–Crippen LogP) is 5.87. The highest BCUT2D eigenvalue weighted by molar-refractivity contribution is 9.10. The summed E-state index contributed by atoms with van der Waals surface area (Å²) in [7, 11) is 0. The quantitative estimate of drug-likeness (QED) is 0.198. The summed E-state index contributed by atoms with van der Waals surface area (Å²) in [5.41, 5.74) is 2.51. The monoisotopic (exact) mass is 459 g/mol. The first-order chi connectivity index (χ1) is 14.5. The SMILES string of the molecule is N#CC(=Cc1cc(Br)ccc1OCc1ccccc1C#N)c1cccc([N+](=O)[O-])c1. The number of nitro groups is 1. The lowest BCUT2D eigenvalue weighted by Crippen LogP contribution is -1.99. The molecule has 0 aliphatic rings. The lowest BCUT2D eigenvalue weighted by atomic mass is 10.0. The average Bonchev–Trinajstić information content (AvgIpc) is 2.77. The third kappa shape index (κ3) is 4.91. The van der Waals surface area contributed by atoms with Crippen molar-refractivity contribution in [1.29, 1.82) is 10.5 Å². The maximum Gasteiger partial charge on any atom is 0.270 e. The molecule has 0 spiro atoms. The van der Waals surface area contributed by atoms with Crippen molar-refractivity contribution >= 4 is 33.3 Å². The molecule has 0 bridgehead atoms. The molecule has 30 heavy (non-hydrogen) atoms. The number of nitriles is 2. The molecule has 0 aliphatic carbocycles. The van der Waals surface area contributed by atoms with Crippen LogP contribution < -0.4 is 4.74 Å². The van der Waals surface area contributed by atoms with Crippen LogP contribution in [0.3, 0.4) is 0 Å². The molecular weight excluding hydrogens is 446 g/mol. The van der Waals surface area contributed by atoms with E-state index in [0.717, 1.165) is 10.0 Å². The Hall–Kier alpha value is -3.94. The molecule has 0 fully saturated rings. The van der Waals surface area contributed by atoms with Crippen molar-refractivity contribution in [2.45, 2.75) is 6.61 Å². The van der Waals surface area contributed by atoms with Gasteiger partial charge < -0.3 is 4.74 Å². The normalized spacial score (nSPS) is 10.7. The number of hydrogen-bond donors (Lipinski definition) is 0. The third-order valence-electron chi connectivity index (χ3n) is 4.28. The number of allylic oxidation sites excluding steroid dienone is 1. The summed E-state index contributed by atoms with van der Waals surface area (Å²) in [5.74, 6) is 0.518. The minimum absolute atomic E-state index is 0.0903. The van der Waals surface area contributed by atoms with Gasteiger partial charge in [0.25, 0.3) is 5.69 Å². The molecule has 0 atom stereocenters. The number of benzene rings is 3. The van der Waals surface area contributed by atoms with E-state index in [2.05, 4.69) is 28.1 Å². The summed E-state index contributed by atoms with van der Waals surface area (Å²) < 4.78 is 6.72. The predicted molar refractivity (Wildman–Crippen MR) is 116 cm³/mol. The van der Waals surface area contributed by atoms with Crippen LogP contribution in [0.15, 0.2) is 71.2 Å². The van der Waals surface area contributed by atoms with Gasteiger partial charge >= 0.3 is 0 Å². The Morgan fingerprint density at radius 1 is 1.10 bits per heavy atom. The lowest BCUT2D eigenvalue weighted by molar-refractivity contribution is -0.384. The van der Waals surface area contributed by atoms with E-state index in [1.165, 1.54) is 18.2 Å². The smallest absolute Gasteiger partial charge is 0.270 e. The van der Waals surface area contributed by atoms with Gasteiger partial charge in [0.2, 0.25) is 0 Å². The summed E-state index contributed by atoms with van der Waals surface area (Å²) >= 11 is 3.41. The van der Waals surface area contributed by atoms with Crippen LogP contribution in [0.5, 0.6) is 5.75 Å². The minimum atomic E-state index is -0.501. The summed E-state index contributed by atoms with van der Waals surface area (Å²) in [5, 5.41) is 29.9. The second kappa shape index (κ2) is 9.51. The van der Waals surface area contributed by atoms with E-state index in [1.54, 1.807) is 36.4 Å². The van der Waals surface area contributed by atoms with Gasteiger partial charge in [0.1, 0.15) is 12.4 Å². The van der Waals surface area contributed by atoms with E-state index >= 15 is 0 Å². The van der Waals surface area contributed by atoms with Crippen molar-refractivity contribution in [3.8, 4) is 17.9 Å². The zero-order valence-electron chi connectivity index (χ0n) is 15.6. The molecule has 3 aromatic rings. The highest BCUT2D eigenvalue weighted by Gasteiger charge is 2.11. The van der Waals surface area contributed by atoms with Crippen molar-refractivity contribution in [1.82, 2.24) is 0 Å². The Balaban J connectivity index is 1.96. The van der Waals surface area contributed by atoms with Gasteiger partial charge in [-0.2, -0.15) is 10.5 Å². The first-order valence-electron chi connectivity index (χ1n) is 8.79. The van der Waals surface area contributed by atoms with Gasteiger partial charge in [-0.1, -0.05) is 46.3 Å². The largest absolute Gasteiger partial charge is 0.488 e. The number of ether oxygens (including phenoxy) is 1. The van der Waals surface area contributed by atoms with Crippen LogP contribution in [0.4, 0.5) is 5.69 Å². The van der Waals surface area contributed by atoms with Gasteiger partial charge in [-0.05, 0) is 35.9 Å². The summed E-state index contributed by atoms with van der Waals surface area (Å²) in [6.45, 7) is 0.185. The maximum atomic E-state index is 11.0. The number of hydrogen-bond acceptors (Lipinski definition) is 5. The molecule has 146 valence electrons. The number of nitro benzene ring substituents is 1. The zero-order valence-corrected chi connectivity index (χ0v) is 17.2. The van der Waals surface area contributed by atoms with Crippen molar-refractivity contribution in [2.24, 2.45) is 0 Å². The Kier molecular flexibility index (Phi) is 6.59. The van der Waals surface area contributed by atoms with Gasteiger partial charge in [-0.3, -0.25) is 10.1 Å². The van der Waals surface area contributed by atoms with Crippen molar-refractivity contribution < 1.29 is 9.66 Å². The van der Waals surface area contributed by atoms with Crippen molar-refractivity contribution in [3.05, 3.63) is 104 Å². The van der Waals surface area contributed by atoms with E-state index in [4.69, 9.17) is 4.74 Å². The molecule has 0 radical (unpaired) electrons. The van der Waals surface area contributed by atoms with Crippen LogP contribution in [0.2, 0.25) is 0 Å². The van der Waals surface area contributed by atoms with Crippen molar-refractivity contribution in [3.63, 3.8) is 0 Å². The van der Waals surface area contributed by atoms with E-state index in [0.29, 0.717) is 22.4 Å². The van der Waals surface area contributed by atoms with Gasteiger partial charge in [0.05, 0.1) is 28.2 Å². The topological polar surface area (TPSA) is 99.9 Å². The minimum Gasteiger partial charge on any atom is -0.488 e. The fourth-order valence-corrected chi connectivity index (χ4v) is 3.18. The van der Waals surface area contributed by atoms with Crippen LogP contribution in [-0.4, -0.2) is 4.92 Å². The second-order valence-electron chi connectivity index (χ2n) is 6.22. The molecule has 0 aliphatic heterocycles. The van der Waals surface area contributed by atoms with Gasteiger partial charge in [-0.25, -0.2) is 0 Å². The standard InChI is InChI=1S/C23H14BrN3O3/c24-21-8-9-23(30-15-18-5-2-1-4-17(18)13-25)19(11-21)10-20(14-26)16-6-3-7-22(12-16)27(28)29/h1-12H,15H2. The van der Waals surface area contributed by atoms with Crippen LogP contribution in [0.25, 0.3) is 11.6 Å². The van der Waals surface area contributed by atoms with Crippen molar-refractivity contribution in [2.75, 3.05) is 0 Å². The summed E-state index contributed by atoms with van der Waals surface area (Å²) in [6.07, 6.45) is 1.62. The zero-order chi connectivity index (χ0) is 21.5. The summed E-state index contributed by atoms with van der Waals surface area (Å²) in [4.78, 5) is 10.5. The van der Waals surface area contributed by atoms with Gasteiger partial charge in [-0.15, -0.1) is 0 Å². The van der Waals surface area contributed by atoms with Crippen LogP contribution in [0, 0.1) is 32.8 Å². The molecule has 0 saturated heterocycles. The number of non-ortho nitro benzene ring substituents is 1. The second-order valence-corrected chi connectivity index (χ2v) is 7.13. The number of halogens is 1. The Bertz CT molecular complexity index is 1220. The lowest BCUT2D eigenvalue weighted by Gasteiger charge is -2.11. The number of nitrogens with zero attached hydrogens (tertiary/aromatic N) is 3. The molecule has 0 N–H and O–H groups in total. The molecule has 3 aromatic carbocycles. The molecule has 0 saturated carbocycles. The molecular formula is C23H14BrN3O3. The molecule has 7 heteroatoms. The average molecular weight is 460 g/mol. The van der Waals surface area contributed by atoms with Gasteiger partial charge in [0.15, 0.2) is 0 Å². The molecule has 0 heterocycles. The molecule has 6 nitrogen and oxygen atoms in total. The molecule has 0 unspecified atom stereocenters. The fourth-order valence-electron chi connectivity index (χ4n) is 2.80. The fraction of sp³-hybridized carbons (Fsp3) is 0.0435.